The van der Waals surface area contributed by atoms with E-state index in [1.807, 2.05) is 12.1 Å². The number of methoxy groups -OCH3 is 2. The molecule has 0 bridgehead atoms. The van der Waals surface area contributed by atoms with E-state index in [-0.39, 0.29) is 11.4 Å². The second kappa shape index (κ2) is 8.69. The molecular weight excluding hydrogens is 338 g/mol. The summed E-state index contributed by atoms with van der Waals surface area (Å²) in [6.45, 7) is 4.07. The molecule has 2 rings (SSSR count). The Hall–Kier alpha value is -2.31. The van der Waals surface area contributed by atoms with Gasteiger partial charge in [-0.05, 0) is 36.6 Å². The number of rotatable bonds is 9. The van der Waals surface area contributed by atoms with Crippen LogP contribution in [0.1, 0.15) is 11.1 Å². The smallest absolute Gasteiger partial charge is 0.240 e. The fourth-order valence-corrected chi connectivity index (χ4v) is 3.69. The number of hydrogen-bond acceptors (Lipinski definition) is 4. The van der Waals surface area contributed by atoms with Crippen molar-refractivity contribution in [2.75, 3.05) is 20.8 Å². The summed E-state index contributed by atoms with van der Waals surface area (Å²) in [5, 5.41) is 0. The summed E-state index contributed by atoms with van der Waals surface area (Å²) in [4.78, 5) is 0.258. The van der Waals surface area contributed by atoms with Crippen molar-refractivity contribution in [1.29, 1.82) is 0 Å². The van der Waals surface area contributed by atoms with Gasteiger partial charge in [0.15, 0.2) is 11.5 Å². The first-order valence-corrected chi connectivity index (χ1v) is 9.40. The summed E-state index contributed by atoms with van der Waals surface area (Å²) in [7, 11) is -0.334. The third-order valence-corrected chi connectivity index (χ3v) is 5.31. The number of hydrogen-bond donors (Lipinski definition) is 1. The highest BCUT2D eigenvalue weighted by molar-refractivity contribution is 7.89. The van der Waals surface area contributed by atoms with Crippen LogP contribution in [-0.2, 0) is 22.9 Å². The monoisotopic (exact) mass is 361 g/mol. The molecule has 0 aliphatic carbocycles. The van der Waals surface area contributed by atoms with Crippen molar-refractivity contribution in [1.82, 2.24) is 4.72 Å². The fraction of sp³-hybridized carbons (Fsp3) is 0.263. The lowest BCUT2D eigenvalue weighted by molar-refractivity contribution is 0.351. The van der Waals surface area contributed by atoms with Crippen LogP contribution in [0.25, 0.3) is 0 Å². The quantitative estimate of drug-likeness (QED) is 0.698. The summed E-state index contributed by atoms with van der Waals surface area (Å²) < 4.78 is 38.0. The molecule has 0 fully saturated rings. The lowest BCUT2D eigenvalue weighted by Gasteiger charge is -2.16. The second-order valence-corrected chi connectivity index (χ2v) is 7.16. The van der Waals surface area contributed by atoms with Crippen LogP contribution in [0, 0.1) is 0 Å². The zero-order valence-corrected chi connectivity index (χ0v) is 15.3. The van der Waals surface area contributed by atoms with E-state index in [0.717, 1.165) is 11.1 Å². The van der Waals surface area contributed by atoms with Gasteiger partial charge in [0, 0.05) is 12.1 Å². The molecule has 2 aromatic rings. The first-order chi connectivity index (χ1) is 12.0. The molecule has 0 atom stereocenters. The number of sulfonamides is 1. The van der Waals surface area contributed by atoms with E-state index in [4.69, 9.17) is 9.47 Å². The van der Waals surface area contributed by atoms with Gasteiger partial charge in [0.1, 0.15) is 0 Å². The molecule has 1 N–H and O–H groups in total. The number of benzene rings is 2. The average Bonchev–Trinajstić information content (AvgIpc) is 2.63. The molecule has 0 aromatic heterocycles. The minimum atomic E-state index is -3.51. The molecule has 0 radical (unpaired) electrons. The fourth-order valence-electron chi connectivity index (χ4n) is 2.64. The highest BCUT2D eigenvalue weighted by Crippen LogP contribution is 2.34. The van der Waals surface area contributed by atoms with E-state index < -0.39 is 10.0 Å². The molecule has 2 aromatic carbocycles. The van der Waals surface area contributed by atoms with Gasteiger partial charge >= 0.3 is 0 Å². The third-order valence-electron chi connectivity index (χ3n) is 3.83. The van der Waals surface area contributed by atoms with Gasteiger partial charge in [0.25, 0.3) is 0 Å². The average molecular weight is 361 g/mol. The Morgan fingerprint density at radius 3 is 2.40 bits per heavy atom. The summed E-state index contributed by atoms with van der Waals surface area (Å²) in [6.07, 6.45) is 2.94. The van der Waals surface area contributed by atoms with Crippen molar-refractivity contribution in [2.24, 2.45) is 0 Å². The predicted octanol–water partition coefficient (Wildman–Crippen LogP) is 2.95. The Balaban J connectivity index is 2.16. The van der Waals surface area contributed by atoms with Gasteiger partial charge in [-0.1, -0.05) is 30.3 Å². The maximum atomic E-state index is 12.3. The predicted molar refractivity (Wildman–Crippen MR) is 98.8 cm³/mol. The summed E-state index contributed by atoms with van der Waals surface area (Å²) in [6, 6.07) is 12.1. The van der Waals surface area contributed by atoms with Crippen LogP contribution < -0.4 is 14.2 Å². The van der Waals surface area contributed by atoms with Crippen molar-refractivity contribution in [3.05, 3.63) is 66.2 Å². The molecule has 25 heavy (non-hydrogen) atoms. The van der Waals surface area contributed by atoms with Crippen LogP contribution in [0.2, 0.25) is 0 Å². The SMILES string of the molecule is C=CCc1c(CCNS(=O)(=O)c2ccccc2)ccc(OC)c1OC. The molecule has 0 saturated carbocycles. The Labute approximate surface area is 149 Å². The first-order valence-electron chi connectivity index (χ1n) is 7.91. The van der Waals surface area contributed by atoms with E-state index >= 15 is 0 Å². The first kappa shape index (κ1) is 19.0. The van der Waals surface area contributed by atoms with Crippen molar-refractivity contribution in [2.45, 2.75) is 17.7 Å². The van der Waals surface area contributed by atoms with E-state index in [1.165, 1.54) is 0 Å². The van der Waals surface area contributed by atoms with Crippen LogP contribution in [0.5, 0.6) is 11.5 Å². The van der Waals surface area contributed by atoms with Crippen molar-refractivity contribution < 1.29 is 17.9 Å². The van der Waals surface area contributed by atoms with Crippen molar-refractivity contribution >= 4 is 10.0 Å². The topological polar surface area (TPSA) is 64.6 Å². The van der Waals surface area contributed by atoms with E-state index in [9.17, 15) is 8.42 Å². The van der Waals surface area contributed by atoms with Gasteiger partial charge in [-0.3, -0.25) is 0 Å². The molecule has 0 saturated heterocycles. The molecule has 6 heteroatoms. The molecular formula is C19H23NO4S. The number of allylic oxidation sites excluding steroid dienone is 1. The zero-order valence-electron chi connectivity index (χ0n) is 14.5. The minimum Gasteiger partial charge on any atom is -0.493 e. The lowest BCUT2D eigenvalue weighted by Crippen LogP contribution is -2.26. The van der Waals surface area contributed by atoms with E-state index in [0.29, 0.717) is 24.3 Å². The molecule has 134 valence electrons. The molecule has 0 heterocycles. The van der Waals surface area contributed by atoms with Crippen LogP contribution in [-0.4, -0.2) is 29.2 Å². The molecule has 0 aliphatic rings. The van der Waals surface area contributed by atoms with E-state index in [1.54, 1.807) is 50.6 Å². The summed E-state index contributed by atoms with van der Waals surface area (Å²) in [5.41, 5.74) is 1.95. The molecule has 5 nitrogen and oxygen atoms in total. The maximum Gasteiger partial charge on any atom is 0.240 e. The number of ether oxygens (including phenoxy) is 2. The Morgan fingerprint density at radius 2 is 1.80 bits per heavy atom. The summed E-state index contributed by atoms with van der Waals surface area (Å²) in [5.74, 6) is 1.30. The molecule has 0 unspecified atom stereocenters. The molecule has 0 spiro atoms. The van der Waals surface area contributed by atoms with Gasteiger partial charge in [-0.2, -0.15) is 0 Å². The Morgan fingerprint density at radius 1 is 1.08 bits per heavy atom. The van der Waals surface area contributed by atoms with E-state index in [2.05, 4.69) is 11.3 Å². The van der Waals surface area contributed by atoms with Crippen LogP contribution in [0.4, 0.5) is 0 Å². The minimum absolute atomic E-state index is 0.258. The third kappa shape index (κ3) is 4.61. The standard InChI is InChI=1S/C19H23NO4S/c1-4-8-17-15(11-12-18(23-2)19(17)24-3)13-14-20-25(21,22)16-9-6-5-7-10-16/h4-7,9-12,20H,1,8,13-14H2,2-3H3. The van der Waals surface area contributed by atoms with Gasteiger partial charge in [0.05, 0.1) is 19.1 Å². The van der Waals surface area contributed by atoms with Crippen molar-refractivity contribution in [3.8, 4) is 11.5 Å². The Kier molecular flexibility index (Phi) is 6.61. The zero-order chi connectivity index (χ0) is 18.3. The normalized spacial score (nSPS) is 11.1. The highest BCUT2D eigenvalue weighted by atomic mass is 32.2. The van der Waals surface area contributed by atoms with Gasteiger partial charge in [-0.25, -0.2) is 13.1 Å². The van der Waals surface area contributed by atoms with Gasteiger partial charge in [0.2, 0.25) is 10.0 Å². The highest BCUT2D eigenvalue weighted by Gasteiger charge is 2.16. The Bertz CT molecular complexity index is 817. The van der Waals surface area contributed by atoms with Crippen LogP contribution in [0.15, 0.2) is 60.0 Å². The maximum absolute atomic E-state index is 12.3. The largest absolute Gasteiger partial charge is 0.493 e. The van der Waals surface area contributed by atoms with Gasteiger partial charge in [-0.15, -0.1) is 6.58 Å². The van der Waals surface area contributed by atoms with Gasteiger partial charge < -0.3 is 9.47 Å². The molecule has 0 amide bonds. The molecule has 0 aliphatic heterocycles. The second-order valence-electron chi connectivity index (χ2n) is 5.39. The number of nitrogens with one attached hydrogen (secondary N) is 1. The van der Waals surface area contributed by atoms with Crippen LogP contribution >= 0.6 is 0 Å². The van der Waals surface area contributed by atoms with Crippen molar-refractivity contribution in [3.63, 3.8) is 0 Å². The summed E-state index contributed by atoms with van der Waals surface area (Å²) >= 11 is 0. The van der Waals surface area contributed by atoms with Crippen LogP contribution in [0.3, 0.4) is 0 Å². The lowest BCUT2D eigenvalue weighted by atomic mass is 10.00.